The predicted molar refractivity (Wildman–Crippen MR) is 68.3 cm³/mol. The first-order valence-corrected chi connectivity index (χ1v) is 5.52. The Morgan fingerprint density at radius 1 is 1.19 bits per heavy atom. The van der Waals surface area contributed by atoms with E-state index in [1.807, 2.05) is 0 Å². The summed E-state index contributed by atoms with van der Waals surface area (Å²) in [6.07, 6.45) is 1.57. The second kappa shape index (κ2) is 4.41. The second-order valence-corrected chi connectivity index (χ2v) is 4.32. The molecule has 0 aromatic heterocycles. The first-order valence-electron chi connectivity index (χ1n) is 4.36. The van der Waals surface area contributed by atoms with Gasteiger partial charge in [0.25, 0.3) is 5.91 Å². The van der Waals surface area contributed by atoms with Crippen LogP contribution in [0.3, 0.4) is 0 Å². The molecule has 0 bridgehead atoms. The van der Waals surface area contributed by atoms with Crippen LogP contribution < -0.4 is 10.6 Å². The van der Waals surface area contributed by atoms with Gasteiger partial charge in [0, 0.05) is 15.6 Å². The van der Waals surface area contributed by atoms with Gasteiger partial charge in [-0.25, -0.2) is 0 Å². The van der Waals surface area contributed by atoms with Crippen LogP contribution in [0.2, 0.25) is 10.0 Å². The van der Waals surface area contributed by atoms with E-state index < -0.39 is 0 Å². The summed E-state index contributed by atoms with van der Waals surface area (Å²) in [4.78, 5) is 11.4. The fourth-order valence-electron chi connectivity index (χ4n) is 1.28. The highest BCUT2D eigenvalue weighted by molar-refractivity contribution is 7.80. The van der Waals surface area contributed by atoms with E-state index in [2.05, 4.69) is 10.6 Å². The number of benzene rings is 1. The molecule has 1 heterocycles. The summed E-state index contributed by atoms with van der Waals surface area (Å²) in [6.45, 7) is 0. The average Bonchev–Trinajstić information content (AvgIpc) is 2.51. The maximum Gasteiger partial charge on any atom is 0.273 e. The Bertz CT molecular complexity index is 493. The molecule has 2 N–H and O–H groups in total. The molecular formula is C10H6Cl2N2OS. The molecule has 1 fully saturated rings. The Kier molecular flexibility index (Phi) is 3.14. The molecule has 0 radical (unpaired) electrons. The highest BCUT2D eigenvalue weighted by atomic mass is 35.5. The van der Waals surface area contributed by atoms with Crippen molar-refractivity contribution in [2.45, 2.75) is 0 Å². The van der Waals surface area contributed by atoms with Gasteiger partial charge in [-0.3, -0.25) is 10.1 Å². The fraction of sp³-hybridized carbons (Fsp3) is 0. The lowest BCUT2D eigenvalue weighted by atomic mass is 10.2. The largest absolute Gasteiger partial charge is 0.328 e. The minimum Gasteiger partial charge on any atom is -0.328 e. The first kappa shape index (κ1) is 11.4. The standard InChI is InChI=1S/C10H6Cl2N2OS/c11-6-2-1-3-7(12)5(6)4-8-9(15)14-10(16)13-8/h1-4H,(H2,13,14,15,16)/b8-4-. The van der Waals surface area contributed by atoms with E-state index in [9.17, 15) is 4.79 Å². The van der Waals surface area contributed by atoms with Crippen LogP contribution in [0.5, 0.6) is 0 Å². The number of rotatable bonds is 1. The second-order valence-electron chi connectivity index (χ2n) is 3.10. The molecule has 1 aliphatic rings. The van der Waals surface area contributed by atoms with Crippen molar-refractivity contribution in [1.82, 2.24) is 10.6 Å². The molecule has 1 aromatic carbocycles. The molecule has 1 aromatic rings. The summed E-state index contributed by atoms with van der Waals surface area (Å²) in [7, 11) is 0. The number of halogens is 2. The van der Waals surface area contributed by atoms with Gasteiger partial charge in [0.1, 0.15) is 5.70 Å². The Labute approximate surface area is 107 Å². The van der Waals surface area contributed by atoms with Crippen LogP contribution in [0.25, 0.3) is 6.08 Å². The third kappa shape index (κ3) is 2.19. The van der Waals surface area contributed by atoms with Gasteiger partial charge in [-0.1, -0.05) is 29.3 Å². The highest BCUT2D eigenvalue weighted by Gasteiger charge is 2.20. The van der Waals surface area contributed by atoms with Crippen molar-refractivity contribution in [3.63, 3.8) is 0 Å². The SMILES string of the molecule is O=C1NC(=S)N/C1=C\c1c(Cl)cccc1Cl. The van der Waals surface area contributed by atoms with Crippen LogP contribution in [0.4, 0.5) is 0 Å². The summed E-state index contributed by atoms with van der Waals surface area (Å²) in [5.74, 6) is -0.291. The number of thiocarbonyl (C=S) groups is 1. The van der Waals surface area contributed by atoms with Crippen LogP contribution in [0, 0.1) is 0 Å². The Morgan fingerprint density at radius 3 is 2.31 bits per heavy atom. The summed E-state index contributed by atoms with van der Waals surface area (Å²) in [5, 5.41) is 6.41. The zero-order valence-corrected chi connectivity index (χ0v) is 10.2. The number of hydrogen-bond donors (Lipinski definition) is 2. The zero-order chi connectivity index (χ0) is 11.7. The monoisotopic (exact) mass is 272 g/mol. The van der Waals surface area contributed by atoms with E-state index >= 15 is 0 Å². The molecule has 1 amide bonds. The molecule has 1 saturated heterocycles. The number of carbonyl (C=O) groups excluding carboxylic acids is 1. The third-order valence-corrected chi connectivity index (χ3v) is 2.87. The van der Waals surface area contributed by atoms with Crippen LogP contribution in [-0.4, -0.2) is 11.0 Å². The van der Waals surface area contributed by atoms with E-state index in [-0.39, 0.29) is 11.0 Å². The van der Waals surface area contributed by atoms with Crippen LogP contribution in [0.1, 0.15) is 5.56 Å². The molecule has 16 heavy (non-hydrogen) atoms. The van der Waals surface area contributed by atoms with Crippen LogP contribution in [0.15, 0.2) is 23.9 Å². The topological polar surface area (TPSA) is 41.1 Å². The van der Waals surface area contributed by atoms with E-state index in [1.165, 1.54) is 0 Å². The van der Waals surface area contributed by atoms with E-state index in [1.54, 1.807) is 24.3 Å². The minimum atomic E-state index is -0.291. The smallest absolute Gasteiger partial charge is 0.273 e. The lowest BCUT2D eigenvalue weighted by molar-refractivity contribution is -0.115. The lowest BCUT2D eigenvalue weighted by Crippen LogP contribution is -2.21. The predicted octanol–water partition coefficient (Wildman–Crippen LogP) is 2.34. The van der Waals surface area contributed by atoms with Crippen molar-refractivity contribution in [1.29, 1.82) is 0 Å². The lowest BCUT2D eigenvalue weighted by Gasteiger charge is -2.02. The maximum atomic E-state index is 11.4. The van der Waals surface area contributed by atoms with Crippen molar-refractivity contribution < 1.29 is 4.79 Å². The highest BCUT2D eigenvalue weighted by Crippen LogP contribution is 2.26. The molecule has 2 rings (SSSR count). The molecule has 6 heteroatoms. The molecular weight excluding hydrogens is 267 g/mol. The van der Waals surface area contributed by atoms with Gasteiger partial charge in [0.2, 0.25) is 0 Å². The summed E-state index contributed by atoms with van der Waals surface area (Å²) < 4.78 is 0. The van der Waals surface area contributed by atoms with E-state index in [4.69, 9.17) is 35.4 Å². The van der Waals surface area contributed by atoms with Gasteiger partial charge in [-0.2, -0.15) is 0 Å². The fourth-order valence-corrected chi connectivity index (χ4v) is 1.98. The van der Waals surface area contributed by atoms with Gasteiger partial charge in [-0.15, -0.1) is 0 Å². The van der Waals surface area contributed by atoms with Gasteiger partial charge in [-0.05, 0) is 30.4 Å². The Balaban J connectivity index is 2.44. The van der Waals surface area contributed by atoms with Crippen molar-refractivity contribution >= 4 is 52.5 Å². The molecule has 0 aliphatic carbocycles. The number of amides is 1. The molecule has 0 atom stereocenters. The van der Waals surface area contributed by atoms with Gasteiger partial charge in [0.05, 0.1) is 0 Å². The number of nitrogens with one attached hydrogen (secondary N) is 2. The van der Waals surface area contributed by atoms with Gasteiger partial charge in [0.15, 0.2) is 5.11 Å². The minimum absolute atomic E-state index is 0.277. The van der Waals surface area contributed by atoms with Crippen molar-refractivity contribution in [3.8, 4) is 0 Å². The third-order valence-electron chi connectivity index (χ3n) is 2.01. The summed E-state index contributed by atoms with van der Waals surface area (Å²) in [5.41, 5.74) is 0.924. The molecule has 0 saturated carbocycles. The van der Waals surface area contributed by atoms with Gasteiger partial charge >= 0.3 is 0 Å². The summed E-state index contributed by atoms with van der Waals surface area (Å²) >= 11 is 16.7. The van der Waals surface area contributed by atoms with Crippen molar-refractivity contribution in [3.05, 3.63) is 39.5 Å². The maximum absolute atomic E-state index is 11.4. The normalized spacial score (nSPS) is 17.5. The number of carbonyl (C=O) groups is 1. The molecule has 3 nitrogen and oxygen atoms in total. The first-order chi connectivity index (χ1) is 7.58. The van der Waals surface area contributed by atoms with Gasteiger partial charge < -0.3 is 5.32 Å². The molecule has 1 aliphatic heterocycles. The molecule has 82 valence electrons. The zero-order valence-electron chi connectivity index (χ0n) is 7.88. The van der Waals surface area contributed by atoms with Crippen molar-refractivity contribution in [2.75, 3.05) is 0 Å². The van der Waals surface area contributed by atoms with Crippen LogP contribution >= 0.6 is 35.4 Å². The number of hydrogen-bond acceptors (Lipinski definition) is 2. The Hall–Kier alpha value is -1.10. The molecule has 0 spiro atoms. The van der Waals surface area contributed by atoms with E-state index in [0.29, 0.717) is 21.3 Å². The van der Waals surface area contributed by atoms with Crippen molar-refractivity contribution in [2.24, 2.45) is 0 Å². The summed E-state index contributed by atoms with van der Waals surface area (Å²) in [6, 6.07) is 5.13. The van der Waals surface area contributed by atoms with Crippen LogP contribution in [-0.2, 0) is 4.79 Å². The average molecular weight is 273 g/mol. The van der Waals surface area contributed by atoms with E-state index in [0.717, 1.165) is 0 Å². The quantitative estimate of drug-likeness (QED) is 0.609. The Morgan fingerprint density at radius 2 is 1.81 bits per heavy atom. The molecule has 0 unspecified atom stereocenters.